The van der Waals surface area contributed by atoms with E-state index in [1.54, 1.807) is 17.0 Å². The molecule has 1 saturated heterocycles. The number of rotatable bonds is 3. The van der Waals surface area contributed by atoms with Gasteiger partial charge in [-0.3, -0.25) is 0 Å². The van der Waals surface area contributed by atoms with Crippen molar-refractivity contribution in [2.24, 2.45) is 5.92 Å². The fourth-order valence-electron chi connectivity index (χ4n) is 2.60. The molecule has 3 amide bonds. The molecule has 0 saturated carbocycles. The first kappa shape index (κ1) is 18.1. The first-order chi connectivity index (χ1) is 11.3. The van der Waals surface area contributed by atoms with Gasteiger partial charge in [0.1, 0.15) is 5.75 Å². The van der Waals surface area contributed by atoms with Crippen molar-refractivity contribution in [3.63, 3.8) is 0 Å². The summed E-state index contributed by atoms with van der Waals surface area (Å²) in [5, 5.41) is 5.79. The van der Waals surface area contributed by atoms with Crippen molar-refractivity contribution in [2.75, 3.05) is 19.6 Å². The summed E-state index contributed by atoms with van der Waals surface area (Å²) in [5.41, 5.74) is -0.241. The minimum absolute atomic E-state index is 0.145. The maximum atomic E-state index is 12.1. The predicted molar refractivity (Wildman–Crippen MR) is 93.1 cm³/mol. The van der Waals surface area contributed by atoms with Crippen LogP contribution in [0.2, 0.25) is 0 Å². The van der Waals surface area contributed by atoms with Gasteiger partial charge in [0.15, 0.2) is 0 Å². The highest BCUT2D eigenvalue weighted by Crippen LogP contribution is 2.18. The second-order valence-corrected chi connectivity index (χ2v) is 7.20. The van der Waals surface area contributed by atoms with Gasteiger partial charge in [-0.1, -0.05) is 18.2 Å². The molecule has 1 aliphatic rings. The van der Waals surface area contributed by atoms with Crippen molar-refractivity contribution >= 4 is 12.1 Å². The predicted octanol–water partition coefficient (Wildman–Crippen LogP) is 3.00. The lowest BCUT2D eigenvalue weighted by molar-refractivity contribution is 0.130. The van der Waals surface area contributed by atoms with Gasteiger partial charge in [-0.15, -0.1) is 0 Å². The van der Waals surface area contributed by atoms with Crippen LogP contribution >= 0.6 is 0 Å². The van der Waals surface area contributed by atoms with Crippen LogP contribution in [0.4, 0.5) is 9.59 Å². The molecule has 1 aromatic carbocycles. The Morgan fingerprint density at radius 1 is 1.17 bits per heavy atom. The van der Waals surface area contributed by atoms with Gasteiger partial charge < -0.3 is 20.3 Å². The highest BCUT2D eigenvalue weighted by Gasteiger charge is 2.24. The zero-order chi connectivity index (χ0) is 17.6. The number of carbonyl (C=O) groups excluding carboxylic acids is 2. The number of benzene rings is 1. The Kier molecular flexibility index (Phi) is 6.06. The molecule has 0 aromatic heterocycles. The minimum atomic E-state index is -0.307. The van der Waals surface area contributed by atoms with Crippen molar-refractivity contribution < 1.29 is 14.3 Å². The van der Waals surface area contributed by atoms with Gasteiger partial charge in [-0.25, -0.2) is 9.59 Å². The topological polar surface area (TPSA) is 70.7 Å². The van der Waals surface area contributed by atoms with Crippen molar-refractivity contribution in [2.45, 2.75) is 39.2 Å². The van der Waals surface area contributed by atoms with Crippen LogP contribution in [0, 0.1) is 5.92 Å². The lowest BCUT2D eigenvalue weighted by atomic mass is 9.97. The Bertz CT molecular complexity index is 546. The fraction of sp³-hybridized carbons (Fsp3) is 0.556. The number of ether oxygens (including phenoxy) is 1. The first-order valence-electron chi connectivity index (χ1n) is 8.41. The summed E-state index contributed by atoms with van der Waals surface area (Å²) in [6.07, 6.45) is 1.41. The van der Waals surface area contributed by atoms with E-state index < -0.39 is 0 Å². The number of para-hydroxylation sites is 1. The Morgan fingerprint density at radius 2 is 1.79 bits per heavy atom. The Morgan fingerprint density at radius 3 is 2.38 bits per heavy atom. The third kappa shape index (κ3) is 6.10. The maximum absolute atomic E-state index is 12.1. The standard InChI is InChI=1S/C18H27N3O3/c1-18(2,3)20-16(22)19-13-14-9-11-21(12-10-14)17(23)24-15-7-5-4-6-8-15/h4-8,14H,9-13H2,1-3H3,(H2,19,20,22). The molecular formula is C18H27N3O3. The van der Waals surface area contributed by atoms with Crippen LogP contribution < -0.4 is 15.4 Å². The summed E-state index contributed by atoms with van der Waals surface area (Å²) < 4.78 is 5.35. The average Bonchev–Trinajstić information content (AvgIpc) is 2.53. The van der Waals surface area contributed by atoms with Crippen LogP contribution in [-0.4, -0.2) is 42.2 Å². The zero-order valence-corrected chi connectivity index (χ0v) is 14.7. The maximum Gasteiger partial charge on any atom is 0.415 e. The molecule has 132 valence electrons. The van der Waals surface area contributed by atoms with E-state index in [4.69, 9.17) is 4.74 Å². The van der Waals surface area contributed by atoms with Crippen LogP contribution in [0.15, 0.2) is 30.3 Å². The van der Waals surface area contributed by atoms with E-state index in [1.807, 2.05) is 39.0 Å². The van der Waals surface area contributed by atoms with Crippen molar-refractivity contribution in [1.82, 2.24) is 15.5 Å². The number of hydrogen-bond donors (Lipinski definition) is 2. The first-order valence-corrected chi connectivity index (χ1v) is 8.41. The summed E-state index contributed by atoms with van der Waals surface area (Å²) in [6.45, 7) is 7.78. The van der Waals surface area contributed by atoms with Crippen LogP contribution in [-0.2, 0) is 0 Å². The molecular weight excluding hydrogens is 306 g/mol. The lowest BCUT2D eigenvalue weighted by Crippen LogP contribution is -2.48. The van der Waals surface area contributed by atoms with E-state index >= 15 is 0 Å². The number of piperidine rings is 1. The van der Waals surface area contributed by atoms with Gasteiger partial charge in [0.2, 0.25) is 0 Å². The number of likely N-dealkylation sites (tertiary alicyclic amines) is 1. The summed E-state index contributed by atoms with van der Waals surface area (Å²) in [5.74, 6) is 0.946. The van der Waals surface area contributed by atoms with E-state index in [-0.39, 0.29) is 17.7 Å². The molecule has 0 bridgehead atoms. The summed E-state index contributed by atoms with van der Waals surface area (Å²) in [7, 11) is 0. The van der Waals surface area contributed by atoms with E-state index in [0.29, 0.717) is 31.3 Å². The SMILES string of the molecule is CC(C)(C)NC(=O)NCC1CCN(C(=O)Oc2ccccc2)CC1. The molecule has 1 aromatic rings. The number of urea groups is 1. The summed E-state index contributed by atoms with van der Waals surface area (Å²) in [6, 6.07) is 8.94. The van der Waals surface area contributed by atoms with Crippen LogP contribution in [0.3, 0.4) is 0 Å². The Balaban J connectivity index is 1.69. The average molecular weight is 333 g/mol. The molecule has 0 spiro atoms. The fourth-order valence-corrected chi connectivity index (χ4v) is 2.60. The molecule has 6 nitrogen and oxygen atoms in total. The highest BCUT2D eigenvalue weighted by molar-refractivity contribution is 5.74. The molecule has 1 fully saturated rings. The third-order valence-corrected chi connectivity index (χ3v) is 3.86. The van der Waals surface area contributed by atoms with Crippen LogP contribution in [0.5, 0.6) is 5.75 Å². The largest absolute Gasteiger partial charge is 0.415 e. The zero-order valence-electron chi connectivity index (χ0n) is 14.7. The normalized spacial score (nSPS) is 15.7. The molecule has 0 unspecified atom stereocenters. The van der Waals surface area contributed by atoms with Crippen LogP contribution in [0.1, 0.15) is 33.6 Å². The molecule has 0 aliphatic carbocycles. The number of nitrogens with zero attached hydrogens (tertiary/aromatic N) is 1. The molecule has 0 atom stereocenters. The monoisotopic (exact) mass is 333 g/mol. The second-order valence-electron chi connectivity index (χ2n) is 7.20. The van der Waals surface area contributed by atoms with E-state index in [0.717, 1.165) is 12.8 Å². The van der Waals surface area contributed by atoms with E-state index in [9.17, 15) is 9.59 Å². The molecule has 2 rings (SSSR count). The smallest absolute Gasteiger partial charge is 0.410 e. The van der Waals surface area contributed by atoms with Crippen molar-refractivity contribution in [3.05, 3.63) is 30.3 Å². The van der Waals surface area contributed by atoms with Gasteiger partial charge in [0.25, 0.3) is 0 Å². The minimum Gasteiger partial charge on any atom is -0.410 e. The molecule has 1 heterocycles. The number of amides is 3. The Hall–Kier alpha value is -2.24. The molecule has 24 heavy (non-hydrogen) atoms. The van der Waals surface area contributed by atoms with Crippen molar-refractivity contribution in [1.29, 1.82) is 0 Å². The van der Waals surface area contributed by atoms with Gasteiger partial charge in [0, 0.05) is 25.2 Å². The lowest BCUT2D eigenvalue weighted by Gasteiger charge is -2.31. The van der Waals surface area contributed by atoms with Gasteiger partial charge in [0.05, 0.1) is 0 Å². The summed E-state index contributed by atoms with van der Waals surface area (Å²) >= 11 is 0. The quantitative estimate of drug-likeness (QED) is 0.893. The summed E-state index contributed by atoms with van der Waals surface area (Å²) in [4.78, 5) is 25.6. The number of carbonyl (C=O) groups is 2. The number of hydrogen-bond acceptors (Lipinski definition) is 3. The molecule has 1 aliphatic heterocycles. The third-order valence-electron chi connectivity index (χ3n) is 3.86. The van der Waals surface area contributed by atoms with E-state index in [2.05, 4.69) is 10.6 Å². The van der Waals surface area contributed by atoms with Gasteiger partial charge in [-0.05, 0) is 51.7 Å². The molecule has 6 heteroatoms. The Labute approximate surface area is 143 Å². The highest BCUT2D eigenvalue weighted by atomic mass is 16.6. The van der Waals surface area contributed by atoms with Gasteiger partial charge >= 0.3 is 12.1 Å². The molecule has 2 N–H and O–H groups in total. The van der Waals surface area contributed by atoms with E-state index in [1.165, 1.54) is 0 Å². The number of nitrogens with one attached hydrogen (secondary N) is 2. The second kappa shape index (κ2) is 8.04. The molecule has 0 radical (unpaired) electrons. The van der Waals surface area contributed by atoms with Crippen LogP contribution in [0.25, 0.3) is 0 Å². The van der Waals surface area contributed by atoms with Crippen molar-refractivity contribution in [3.8, 4) is 5.75 Å². The van der Waals surface area contributed by atoms with Gasteiger partial charge in [-0.2, -0.15) is 0 Å².